The number of hydrogen-bond donors (Lipinski definition) is 2. The standard InChI is InChI=1S/C18H19N5O/c1-24-16-10-6-5-9-15(16)12-19-17-13-21-23-18(22-17)20-11-14-7-3-2-4-8-14/h2-10,13H,11-12H2,1H3,(H2,19,20,22,23). The van der Waals surface area contributed by atoms with E-state index in [2.05, 4.69) is 25.8 Å². The average molecular weight is 321 g/mol. The van der Waals surface area contributed by atoms with Gasteiger partial charge in [-0.05, 0) is 11.6 Å². The summed E-state index contributed by atoms with van der Waals surface area (Å²) in [6, 6.07) is 17.9. The predicted molar refractivity (Wildman–Crippen MR) is 93.9 cm³/mol. The second-order valence-electron chi connectivity index (χ2n) is 5.17. The third-order valence-electron chi connectivity index (χ3n) is 3.50. The molecule has 0 fully saturated rings. The highest BCUT2D eigenvalue weighted by Gasteiger charge is 2.04. The van der Waals surface area contributed by atoms with Gasteiger partial charge in [0.05, 0.1) is 13.3 Å². The molecule has 2 aromatic carbocycles. The Labute approximate surface area is 140 Å². The summed E-state index contributed by atoms with van der Waals surface area (Å²) >= 11 is 0. The lowest BCUT2D eigenvalue weighted by Gasteiger charge is -2.10. The van der Waals surface area contributed by atoms with E-state index in [0.29, 0.717) is 24.9 Å². The first-order valence-corrected chi connectivity index (χ1v) is 7.68. The Kier molecular flexibility index (Phi) is 5.19. The van der Waals surface area contributed by atoms with Crippen LogP contribution in [0.25, 0.3) is 0 Å². The molecule has 3 aromatic rings. The summed E-state index contributed by atoms with van der Waals surface area (Å²) in [6.45, 7) is 1.25. The number of ether oxygens (including phenoxy) is 1. The SMILES string of the molecule is COc1ccccc1CNc1cnnc(NCc2ccccc2)n1. The maximum atomic E-state index is 5.34. The van der Waals surface area contributed by atoms with Crippen LogP contribution in [0.1, 0.15) is 11.1 Å². The largest absolute Gasteiger partial charge is 0.496 e. The van der Waals surface area contributed by atoms with Gasteiger partial charge >= 0.3 is 0 Å². The van der Waals surface area contributed by atoms with Crippen LogP contribution in [0.15, 0.2) is 60.8 Å². The quantitative estimate of drug-likeness (QED) is 0.697. The summed E-state index contributed by atoms with van der Waals surface area (Å²) in [4.78, 5) is 4.42. The normalized spacial score (nSPS) is 10.2. The van der Waals surface area contributed by atoms with Crippen LogP contribution in [0.5, 0.6) is 5.75 Å². The summed E-state index contributed by atoms with van der Waals surface area (Å²) < 4.78 is 5.34. The maximum absolute atomic E-state index is 5.34. The molecule has 0 atom stereocenters. The van der Waals surface area contributed by atoms with Crippen molar-refractivity contribution in [1.82, 2.24) is 15.2 Å². The summed E-state index contributed by atoms with van der Waals surface area (Å²) in [6.07, 6.45) is 1.60. The summed E-state index contributed by atoms with van der Waals surface area (Å²) in [5, 5.41) is 14.4. The van der Waals surface area contributed by atoms with Crippen LogP contribution in [-0.2, 0) is 13.1 Å². The van der Waals surface area contributed by atoms with E-state index in [0.717, 1.165) is 16.9 Å². The van der Waals surface area contributed by atoms with Gasteiger partial charge in [0.25, 0.3) is 0 Å². The Balaban J connectivity index is 1.61. The molecule has 2 N–H and O–H groups in total. The molecule has 0 radical (unpaired) electrons. The van der Waals surface area contributed by atoms with E-state index >= 15 is 0 Å². The van der Waals surface area contributed by atoms with Crippen LogP contribution in [-0.4, -0.2) is 22.3 Å². The van der Waals surface area contributed by atoms with E-state index in [1.165, 1.54) is 0 Å². The third-order valence-corrected chi connectivity index (χ3v) is 3.50. The lowest BCUT2D eigenvalue weighted by molar-refractivity contribution is 0.410. The molecule has 122 valence electrons. The van der Waals surface area contributed by atoms with Crippen molar-refractivity contribution in [3.63, 3.8) is 0 Å². The molecule has 1 heterocycles. The molecule has 0 saturated heterocycles. The Morgan fingerprint density at radius 2 is 1.71 bits per heavy atom. The van der Waals surface area contributed by atoms with Crippen molar-refractivity contribution in [3.05, 3.63) is 71.9 Å². The van der Waals surface area contributed by atoms with Crippen molar-refractivity contribution in [2.24, 2.45) is 0 Å². The number of rotatable bonds is 7. The van der Waals surface area contributed by atoms with Crippen LogP contribution >= 0.6 is 0 Å². The Bertz CT molecular complexity index is 779. The molecule has 0 bridgehead atoms. The summed E-state index contributed by atoms with van der Waals surface area (Å²) in [5.74, 6) is 1.99. The topological polar surface area (TPSA) is 72.0 Å². The number of nitrogens with zero attached hydrogens (tertiary/aromatic N) is 3. The predicted octanol–water partition coefficient (Wildman–Crippen LogP) is 3.10. The zero-order chi connectivity index (χ0) is 16.6. The molecule has 0 aliphatic rings. The van der Waals surface area contributed by atoms with E-state index in [9.17, 15) is 0 Å². The Morgan fingerprint density at radius 1 is 0.917 bits per heavy atom. The Hall–Kier alpha value is -3.15. The Morgan fingerprint density at radius 3 is 2.54 bits per heavy atom. The molecule has 3 rings (SSSR count). The first-order chi connectivity index (χ1) is 11.8. The molecule has 0 spiro atoms. The molecule has 6 nitrogen and oxygen atoms in total. The summed E-state index contributed by atoms with van der Waals surface area (Å²) in [5.41, 5.74) is 2.21. The van der Waals surface area contributed by atoms with E-state index in [1.807, 2.05) is 54.6 Å². The maximum Gasteiger partial charge on any atom is 0.244 e. The highest BCUT2D eigenvalue weighted by Crippen LogP contribution is 2.18. The van der Waals surface area contributed by atoms with Gasteiger partial charge in [0, 0.05) is 18.7 Å². The van der Waals surface area contributed by atoms with E-state index < -0.39 is 0 Å². The van der Waals surface area contributed by atoms with Crippen LogP contribution < -0.4 is 15.4 Å². The van der Waals surface area contributed by atoms with Crippen molar-refractivity contribution in [2.45, 2.75) is 13.1 Å². The number of hydrogen-bond acceptors (Lipinski definition) is 6. The van der Waals surface area contributed by atoms with Gasteiger partial charge in [0.1, 0.15) is 5.75 Å². The minimum atomic E-state index is 0.490. The van der Waals surface area contributed by atoms with Gasteiger partial charge in [-0.15, -0.1) is 5.10 Å². The zero-order valence-electron chi connectivity index (χ0n) is 13.4. The highest BCUT2D eigenvalue weighted by molar-refractivity contribution is 5.41. The van der Waals surface area contributed by atoms with Crippen molar-refractivity contribution >= 4 is 11.8 Å². The van der Waals surface area contributed by atoms with Gasteiger partial charge in [-0.25, -0.2) is 0 Å². The van der Waals surface area contributed by atoms with Gasteiger partial charge in [-0.3, -0.25) is 0 Å². The van der Waals surface area contributed by atoms with Crippen LogP contribution in [0.2, 0.25) is 0 Å². The van der Waals surface area contributed by atoms with Crippen LogP contribution in [0, 0.1) is 0 Å². The number of nitrogens with one attached hydrogen (secondary N) is 2. The van der Waals surface area contributed by atoms with Gasteiger partial charge < -0.3 is 15.4 Å². The molecule has 0 aliphatic heterocycles. The monoisotopic (exact) mass is 321 g/mol. The first-order valence-electron chi connectivity index (χ1n) is 7.68. The van der Waals surface area contributed by atoms with Gasteiger partial charge in [0.15, 0.2) is 5.82 Å². The smallest absolute Gasteiger partial charge is 0.244 e. The molecular weight excluding hydrogens is 302 g/mol. The summed E-state index contributed by atoms with van der Waals surface area (Å²) in [7, 11) is 1.66. The lowest BCUT2D eigenvalue weighted by Crippen LogP contribution is -2.08. The number of aromatic nitrogens is 3. The minimum absolute atomic E-state index is 0.490. The van der Waals surface area contributed by atoms with Crippen LogP contribution in [0.3, 0.4) is 0 Å². The molecular formula is C18H19N5O. The average Bonchev–Trinajstić information content (AvgIpc) is 2.66. The van der Waals surface area contributed by atoms with Gasteiger partial charge in [-0.2, -0.15) is 10.1 Å². The molecule has 6 heteroatoms. The molecule has 1 aromatic heterocycles. The third kappa shape index (κ3) is 4.19. The second kappa shape index (κ2) is 7.92. The number of benzene rings is 2. The second-order valence-corrected chi connectivity index (χ2v) is 5.17. The minimum Gasteiger partial charge on any atom is -0.496 e. The lowest BCUT2D eigenvalue weighted by atomic mass is 10.2. The molecule has 0 unspecified atom stereocenters. The highest BCUT2D eigenvalue weighted by atomic mass is 16.5. The first kappa shape index (κ1) is 15.7. The zero-order valence-corrected chi connectivity index (χ0v) is 13.4. The fourth-order valence-corrected chi connectivity index (χ4v) is 2.28. The van der Waals surface area contributed by atoms with E-state index in [1.54, 1.807) is 13.3 Å². The number of anilines is 2. The molecule has 0 aliphatic carbocycles. The number of methoxy groups -OCH3 is 1. The van der Waals surface area contributed by atoms with Gasteiger partial charge in [0.2, 0.25) is 5.95 Å². The fraction of sp³-hybridized carbons (Fsp3) is 0.167. The van der Waals surface area contributed by atoms with Gasteiger partial charge in [-0.1, -0.05) is 48.5 Å². The molecule has 0 amide bonds. The van der Waals surface area contributed by atoms with Crippen LogP contribution in [0.4, 0.5) is 11.8 Å². The van der Waals surface area contributed by atoms with Crippen molar-refractivity contribution in [3.8, 4) is 5.75 Å². The number of para-hydroxylation sites is 1. The fourth-order valence-electron chi connectivity index (χ4n) is 2.28. The molecule has 24 heavy (non-hydrogen) atoms. The van der Waals surface area contributed by atoms with Crippen molar-refractivity contribution in [2.75, 3.05) is 17.7 Å². The van der Waals surface area contributed by atoms with E-state index in [4.69, 9.17) is 4.74 Å². The van der Waals surface area contributed by atoms with Crippen molar-refractivity contribution in [1.29, 1.82) is 0 Å². The van der Waals surface area contributed by atoms with E-state index in [-0.39, 0.29) is 0 Å². The molecule has 0 saturated carbocycles. The van der Waals surface area contributed by atoms with Crippen molar-refractivity contribution < 1.29 is 4.74 Å².